The number of hydrogen-bond acceptors (Lipinski definition) is 3. The fraction of sp³-hybridized carbons (Fsp3) is 1.00. The van der Waals surface area contributed by atoms with Crippen LogP contribution in [0, 0.1) is 5.92 Å². The van der Waals surface area contributed by atoms with E-state index in [1.807, 2.05) is 0 Å². The molecule has 2 aliphatic rings. The predicted octanol–water partition coefficient (Wildman–Crippen LogP) is 2.94. The molecule has 3 nitrogen and oxygen atoms in total. The maximum Gasteiger partial charge on any atom is 0.156 e. The van der Waals surface area contributed by atoms with Crippen LogP contribution in [0.2, 0.25) is 0 Å². The van der Waals surface area contributed by atoms with E-state index in [1.54, 1.807) is 7.11 Å². The van der Waals surface area contributed by atoms with Crippen LogP contribution >= 0.6 is 0 Å². The molecule has 0 aromatic rings. The Morgan fingerprint density at radius 1 is 0.833 bits per heavy atom. The molecule has 0 spiro atoms. The molecule has 4 heteroatoms. The zero-order valence-electron chi connectivity index (χ0n) is 11.6. The van der Waals surface area contributed by atoms with Gasteiger partial charge in [0, 0.05) is 7.11 Å². The third-order valence-electron chi connectivity index (χ3n) is 4.85. The zero-order chi connectivity index (χ0) is 13.2. The molecular formula is C14H26O3S. The molecule has 0 saturated heterocycles. The van der Waals surface area contributed by atoms with Crippen molar-refractivity contribution in [3.63, 3.8) is 0 Å². The van der Waals surface area contributed by atoms with Gasteiger partial charge in [-0.3, -0.25) is 0 Å². The van der Waals surface area contributed by atoms with Gasteiger partial charge in [-0.2, -0.15) is 0 Å². The maximum atomic E-state index is 12.6. The summed E-state index contributed by atoms with van der Waals surface area (Å²) in [7, 11) is -1.17. The third kappa shape index (κ3) is 3.08. The smallest absolute Gasteiger partial charge is 0.156 e. The van der Waals surface area contributed by atoms with Crippen molar-refractivity contribution in [3.05, 3.63) is 0 Å². The van der Waals surface area contributed by atoms with E-state index in [0.717, 1.165) is 51.4 Å². The van der Waals surface area contributed by atoms with Crippen LogP contribution in [0.1, 0.15) is 58.3 Å². The number of rotatable bonds is 3. The van der Waals surface area contributed by atoms with Crippen molar-refractivity contribution in [2.24, 2.45) is 5.92 Å². The molecule has 2 fully saturated rings. The van der Waals surface area contributed by atoms with Crippen LogP contribution in [0.3, 0.4) is 0 Å². The van der Waals surface area contributed by atoms with Gasteiger partial charge >= 0.3 is 0 Å². The van der Waals surface area contributed by atoms with Crippen molar-refractivity contribution in [3.8, 4) is 0 Å². The van der Waals surface area contributed by atoms with Gasteiger partial charge in [-0.15, -0.1) is 0 Å². The Balaban J connectivity index is 1.95. The minimum atomic E-state index is -2.90. The lowest BCUT2D eigenvalue weighted by Gasteiger charge is -2.33. The average Bonchev–Trinajstić information content (AvgIpc) is 2.39. The first-order valence-corrected chi connectivity index (χ1v) is 8.90. The van der Waals surface area contributed by atoms with Gasteiger partial charge in [-0.1, -0.05) is 6.92 Å². The van der Waals surface area contributed by atoms with Crippen molar-refractivity contribution in [2.45, 2.75) is 74.9 Å². The van der Waals surface area contributed by atoms with Gasteiger partial charge in [-0.05, 0) is 57.3 Å². The van der Waals surface area contributed by atoms with Crippen molar-refractivity contribution in [1.82, 2.24) is 0 Å². The monoisotopic (exact) mass is 274 g/mol. The van der Waals surface area contributed by atoms with Crippen LogP contribution < -0.4 is 0 Å². The molecule has 106 valence electrons. The van der Waals surface area contributed by atoms with E-state index in [-0.39, 0.29) is 16.6 Å². The van der Waals surface area contributed by atoms with Gasteiger partial charge in [-0.25, -0.2) is 8.42 Å². The second-order valence-electron chi connectivity index (χ2n) is 6.11. The van der Waals surface area contributed by atoms with E-state index in [2.05, 4.69) is 6.92 Å². The molecule has 0 aromatic heterocycles. The second kappa shape index (κ2) is 5.91. The summed E-state index contributed by atoms with van der Waals surface area (Å²) < 4.78 is 30.5. The molecule has 0 atom stereocenters. The minimum Gasteiger partial charge on any atom is -0.381 e. The summed E-state index contributed by atoms with van der Waals surface area (Å²) in [5.74, 6) is 0.709. The normalized spacial score (nSPS) is 38.6. The van der Waals surface area contributed by atoms with Gasteiger partial charge < -0.3 is 4.74 Å². The first-order chi connectivity index (χ1) is 8.54. The molecule has 2 rings (SSSR count). The first-order valence-electron chi connectivity index (χ1n) is 7.29. The maximum absolute atomic E-state index is 12.6. The second-order valence-corrected chi connectivity index (χ2v) is 8.62. The molecular weight excluding hydrogens is 248 g/mol. The van der Waals surface area contributed by atoms with E-state index in [9.17, 15) is 8.42 Å². The van der Waals surface area contributed by atoms with E-state index in [4.69, 9.17) is 4.74 Å². The molecule has 0 aromatic carbocycles. The zero-order valence-corrected chi connectivity index (χ0v) is 12.4. The third-order valence-corrected chi connectivity index (χ3v) is 7.65. The van der Waals surface area contributed by atoms with Crippen LogP contribution in [0.25, 0.3) is 0 Å². The molecule has 0 heterocycles. The van der Waals surface area contributed by atoms with Crippen molar-refractivity contribution < 1.29 is 13.2 Å². The van der Waals surface area contributed by atoms with Crippen LogP contribution in [0.4, 0.5) is 0 Å². The quantitative estimate of drug-likeness (QED) is 0.794. The van der Waals surface area contributed by atoms with Crippen LogP contribution in [-0.4, -0.2) is 32.1 Å². The van der Waals surface area contributed by atoms with E-state index < -0.39 is 9.84 Å². The van der Waals surface area contributed by atoms with Gasteiger partial charge in [0.25, 0.3) is 0 Å². The highest BCUT2D eigenvalue weighted by Gasteiger charge is 2.37. The Morgan fingerprint density at radius 3 is 1.72 bits per heavy atom. The Labute approximate surface area is 111 Å². The number of sulfone groups is 1. The summed E-state index contributed by atoms with van der Waals surface area (Å²) in [6, 6.07) is 0. The summed E-state index contributed by atoms with van der Waals surface area (Å²) in [6.07, 6.45) is 7.62. The van der Waals surface area contributed by atoms with E-state index in [1.165, 1.54) is 0 Å². The van der Waals surface area contributed by atoms with E-state index in [0.29, 0.717) is 5.92 Å². The average molecular weight is 274 g/mol. The lowest BCUT2D eigenvalue weighted by atomic mass is 9.91. The lowest BCUT2D eigenvalue weighted by molar-refractivity contribution is 0.0716. The highest BCUT2D eigenvalue weighted by Crippen LogP contribution is 2.34. The molecule has 0 radical (unpaired) electrons. The number of methoxy groups -OCH3 is 1. The molecule has 2 saturated carbocycles. The molecule has 0 unspecified atom stereocenters. The lowest BCUT2D eigenvalue weighted by Crippen LogP contribution is -2.38. The Morgan fingerprint density at radius 2 is 1.28 bits per heavy atom. The predicted molar refractivity (Wildman–Crippen MR) is 73.4 cm³/mol. The standard InChI is InChI=1S/C14H26O3S/c1-11-3-7-13(8-4-11)18(15,16)14-9-5-12(17-2)6-10-14/h11-14H,3-10H2,1-2H3. The summed E-state index contributed by atoms with van der Waals surface area (Å²) >= 11 is 0. The first kappa shape index (κ1) is 14.3. The van der Waals surface area contributed by atoms with E-state index >= 15 is 0 Å². The Kier molecular flexibility index (Phi) is 4.70. The molecule has 18 heavy (non-hydrogen) atoms. The highest BCUT2D eigenvalue weighted by atomic mass is 32.2. The van der Waals surface area contributed by atoms with Gasteiger partial charge in [0.05, 0.1) is 16.6 Å². The SMILES string of the molecule is COC1CCC(S(=O)(=O)C2CCC(C)CC2)CC1. The topological polar surface area (TPSA) is 43.4 Å². The molecule has 0 amide bonds. The van der Waals surface area contributed by atoms with Crippen molar-refractivity contribution in [2.75, 3.05) is 7.11 Å². The Bertz CT molecular complexity index is 347. The minimum absolute atomic E-state index is 0.0576. The largest absolute Gasteiger partial charge is 0.381 e. The summed E-state index contributed by atoms with van der Waals surface area (Å²) in [6.45, 7) is 2.23. The van der Waals surface area contributed by atoms with Crippen molar-refractivity contribution >= 4 is 9.84 Å². The van der Waals surface area contributed by atoms with Crippen LogP contribution in [0.5, 0.6) is 0 Å². The number of ether oxygens (including phenoxy) is 1. The summed E-state index contributed by atoms with van der Waals surface area (Å²) in [5.41, 5.74) is 0. The van der Waals surface area contributed by atoms with Crippen LogP contribution in [0.15, 0.2) is 0 Å². The fourth-order valence-electron chi connectivity index (χ4n) is 3.43. The van der Waals surface area contributed by atoms with Crippen LogP contribution in [-0.2, 0) is 14.6 Å². The van der Waals surface area contributed by atoms with Gasteiger partial charge in [0.1, 0.15) is 0 Å². The Hall–Kier alpha value is -0.0900. The van der Waals surface area contributed by atoms with Gasteiger partial charge in [0.2, 0.25) is 0 Å². The van der Waals surface area contributed by atoms with Gasteiger partial charge in [0.15, 0.2) is 9.84 Å². The fourth-order valence-corrected chi connectivity index (χ4v) is 5.83. The number of hydrogen-bond donors (Lipinski definition) is 0. The summed E-state index contributed by atoms with van der Waals surface area (Å²) in [4.78, 5) is 0. The van der Waals surface area contributed by atoms with Crippen molar-refractivity contribution in [1.29, 1.82) is 0 Å². The molecule has 0 bridgehead atoms. The summed E-state index contributed by atoms with van der Waals surface area (Å²) in [5, 5.41) is -0.153. The highest BCUT2D eigenvalue weighted by molar-refractivity contribution is 7.92. The molecule has 2 aliphatic carbocycles. The molecule has 0 N–H and O–H groups in total. The molecule has 0 aliphatic heterocycles.